The lowest BCUT2D eigenvalue weighted by molar-refractivity contribution is -0.158. The van der Waals surface area contributed by atoms with Crippen molar-refractivity contribution in [2.24, 2.45) is 11.8 Å². The van der Waals surface area contributed by atoms with E-state index in [4.69, 9.17) is 14.2 Å². The zero-order chi connectivity index (χ0) is 28.3. The molecular formula is C25H43N3O8. The van der Waals surface area contributed by atoms with E-state index in [1.807, 2.05) is 27.7 Å². The van der Waals surface area contributed by atoms with Gasteiger partial charge in [-0.1, -0.05) is 33.8 Å². The minimum atomic E-state index is -2.25. The molecule has 1 unspecified atom stereocenters. The summed E-state index contributed by atoms with van der Waals surface area (Å²) < 4.78 is 14.9. The Morgan fingerprint density at radius 2 is 1.39 bits per heavy atom. The second kappa shape index (κ2) is 14.4. The highest BCUT2D eigenvalue weighted by atomic mass is 16.6. The van der Waals surface area contributed by atoms with Crippen LogP contribution in [0.3, 0.4) is 0 Å². The summed E-state index contributed by atoms with van der Waals surface area (Å²) >= 11 is 0. The van der Waals surface area contributed by atoms with Crippen molar-refractivity contribution in [3.8, 4) is 0 Å². The first-order valence-electron chi connectivity index (χ1n) is 11.9. The number of alkyl carbamates (subject to hydrolysis) is 1. The molecule has 0 rings (SSSR count). The van der Waals surface area contributed by atoms with Crippen molar-refractivity contribution in [2.75, 3.05) is 14.2 Å². The second-order valence-corrected chi connectivity index (χ2v) is 10.4. The molecule has 36 heavy (non-hydrogen) atoms. The van der Waals surface area contributed by atoms with Crippen LogP contribution in [0.25, 0.3) is 0 Å². The molecule has 0 aliphatic rings. The number of carbonyl (C=O) groups is 5. The zero-order valence-corrected chi connectivity index (χ0v) is 23.0. The van der Waals surface area contributed by atoms with Crippen LogP contribution in [0, 0.1) is 11.8 Å². The Morgan fingerprint density at radius 3 is 1.81 bits per heavy atom. The zero-order valence-electron chi connectivity index (χ0n) is 23.0. The van der Waals surface area contributed by atoms with Crippen LogP contribution in [0.15, 0.2) is 12.7 Å². The number of hydrogen-bond donors (Lipinski definition) is 3. The normalized spacial score (nSPS) is 14.6. The molecule has 0 saturated carbocycles. The number of methoxy groups -OCH3 is 2. The molecule has 0 heterocycles. The summed E-state index contributed by atoms with van der Waals surface area (Å²) in [6, 6.07) is -2.20. The third-order valence-electron chi connectivity index (χ3n) is 4.92. The van der Waals surface area contributed by atoms with Gasteiger partial charge in [0.05, 0.1) is 14.2 Å². The van der Waals surface area contributed by atoms with E-state index in [1.54, 1.807) is 20.8 Å². The third-order valence-corrected chi connectivity index (χ3v) is 4.92. The van der Waals surface area contributed by atoms with E-state index in [2.05, 4.69) is 22.5 Å². The highest BCUT2D eigenvalue weighted by Crippen LogP contribution is 2.18. The summed E-state index contributed by atoms with van der Waals surface area (Å²) in [7, 11) is 2.25. The third kappa shape index (κ3) is 10.7. The average Bonchev–Trinajstić information content (AvgIpc) is 2.74. The molecule has 0 aromatic carbocycles. The van der Waals surface area contributed by atoms with Crippen molar-refractivity contribution in [3.63, 3.8) is 0 Å². The minimum Gasteiger partial charge on any atom is -0.467 e. The van der Waals surface area contributed by atoms with E-state index in [1.165, 1.54) is 13.2 Å². The summed E-state index contributed by atoms with van der Waals surface area (Å²) in [5.74, 6) is -3.59. The van der Waals surface area contributed by atoms with Crippen molar-refractivity contribution in [1.82, 2.24) is 16.0 Å². The molecule has 11 heteroatoms. The van der Waals surface area contributed by atoms with Gasteiger partial charge in [-0.25, -0.2) is 14.4 Å². The molecule has 0 spiro atoms. The van der Waals surface area contributed by atoms with E-state index in [9.17, 15) is 24.0 Å². The predicted octanol–water partition coefficient (Wildman–Crippen LogP) is 2.23. The lowest BCUT2D eigenvalue weighted by Crippen LogP contribution is -2.67. The summed E-state index contributed by atoms with van der Waals surface area (Å²) in [6.07, 6.45) is 0.519. The lowest BCUT2D eigenvalue weighted by Gasteiger charge is -2.33. The molecule has 0 aliphatic carbocycles. The van der Waals surface area contributed by atoms with E-state index in [0.717, 1.165) is 7.11 Å². The van der Waals surface area contributed by atoms with Gasteiger partial charge in [-0.15, -0.1) is 6.58 Å². The summed E-state index contributed by atoms with van der Waals surface area (Å²) in [4.78, 5) is 64.4. The largest absolute Gasteiger partial charge is 0.467 e. The first kappa shape index (κ1) is 32.9. The Bertz CT molecular complexity index is 804. The van der Waals surface area contributed by atoms with Crippen LogP contribution in [0.2, 0.25) is 0 Å². The van der Waals surface area contributed by atoms with Crippen LogP contribution in [-0.2, 0) is 33.4 Å². The first-order valence-corrected chi connectivity index (χ1v) is 11.9. The van der Waals surface area contributed by atoms with Gasteiger partial charge in [0, 0.05) is 6.42 Å². The van der Waals surface area contributed by atoms with Crippen molar-refractivity contribution in [1.29, 1.82) is 0 Å². The highest BCUT2D eigenvalue weighted by molar-refractivity contribution is 6.11. The molecule has 3 amide bonds. The standard InChI is InChI=1S/C25H43N3O8/c1-11-12-25(22(32)35-10,21(31)26-18(14-16(4)5)20(30)34-9)28-19(29)17(13-15(2)3)27-23(33)36-24(6,7)8/h11,15-18H,1,12-14H2,2-10H3,(H,26,31)(H,27,33)(H,28,29)/t17-,18-,25?/m0/s1. The molecule has 0 radical (unpaired) electrons. The van der Waals surface area contributed by atoms with Gasteiger partial charge >= 0.3 is 18.0 Å². The van der Waals surface area contributed by atoms with Crippen molar-refractivity contribution in [3.05, 3.63) is 12.7 Å². The Kier molecular flexibility index (Phi) is 13.2. The number of nitrogens with one attached hydrogen (secondary N) is 3. The minimum absolute atomic E-state index is 0.00405. The van der Waals surface area contributed by atoms with Crippen molar-refractivity contribution in [2.45, 2.75) is 91.0 Å². The van der Waals surface area contributed by atoms with E-state index in [0.29, 0.717) is 0 Å². The fourth-order valence-corrected chi connectivity index (χ4v) is 3.38. The number of rotatable bonds is 13. The Morgan fingerprint density at radius 1 is 0.861 bits per heavy atom. The van der Waals surface area contributed by atoms with Crippen LogP contribution >= 0.6 is 0 Å². The number of ether oxygens (including phenoxy) is 3. The van der Waals surface area contributed by atoms with Gasteiger partial charge in [-0.2, -0.15) is 0 Å². The highest BCUT2D eigenvalue weighted by Gasteiger charge is 2.49. The maximum absolute atomic E-state index is 13.5. The van der Waals surface area contributed by atoms with Crippen LogP contribution < -0.4 is 16.0 Å². The van der Waals surface area contributed by atoms with Crippen LogP contribution in [0.4, 0.5) is 4.79 Å². The number of carbonyl (C=O) groups excluding carboxylic acids is 5. The summed E-state index contributed by atoms with van der Waals surface area (Å²) in [6.45, 7) is 16.0. The van der Waals surface area contributed by atoms with Gasteiger partial charge in [0.25, 0.3) is 5.91 Å². The van der Waals surface area contributed by atoms with E-state index >= 15 is 0 Å². The van der Waals surface area contributed by atoms with Gasteiger partial charge < -0.3 is 30.2 Å². The fraction of sp³-hybridized carbons (Fsp3) is 0.720. The maximum Gasteiger partial charge on any atom is 0.408 e. The molecule has 0 bridgehead atoms. The molecule has 3 atom stereocenters. The SMILES string of the molecule is C=CCC(NC(=O)[C@H](CC(C)C)NC(=O)OC(C)(C)C)(C(=O)N[C@@H](CC(C)C)C(=O)OC)C(=O)OC. The molecule has 0 aromatic heterocycles. The van der Waals surface area contributed by atoms with Crippen LogP contribution in [-0.4, -0.2) is 67.3 Å². The van der Waals surface area contributed by atoms with Gasteiger partial charge in [0.1, 0.15) is 17.7 Å². The maximum atomic E-state index is 13.5. The van der Waals surface area contributed by atoms with E-state index in [-0.39, 0.29) is 31.1 Å². The molecule has 0 aromatic rings. The second-order valence-electron chi connectivity index (χ2n) is 10.4. The fourth-order valence-electron chi connectivity index (χ4n) is 3.38. The van der Waals surface area contributed by atoms with E-state index < -0.39 is 53.1 Å². The first-order chi connectivity index (χ1) is 16.5. The molecule has 0 saturated heterocycles. The number of hydrogen-bond acceptors (Lipinski definition) is 8. The molecular weight excluding hydrogens is 470 g/mol. The molecule has 3 N–H and O–H groups in total. The summed E-state index contributed by atoms with van der Waals surface area (Å²) in [5, 5.41) is 7.46. The average molecular weight is 514 g/mol. The molecule has 0 fully saturated rings. The topological polar surface area (TPSA) is 149 Å². The number of amides is 3. The van der Waals surface area contributed by atoms with Crippen LogP contribution in [0.5, 0.6) is 0 Å². The summed E-state index contributed by atoms with van der Waals surface area (Å²) in [5.41, 5.74) is -3.05. The van der Waals surface area contributed by atoms with Gasteiger partial charge in [0.2, 0.25) is 11.4 Å². The van der Waals surface area contributed by atoms with Gasteiger partial charge in [-0.3, -0.25) is 9.59 Å². The Hall–Kier alpha value is -3.11. The predicted molar refractivity (Wildman–Crippen MR) is 134 cm³/mol. The quantitative estimate of drug-likeness (QED) is 0.147. The molecule has 11 nitrogen and oxygen atoms in total. The van der Waals surface area contributed by atoms with Crippen LogP contribution in [0.1, 0.15) is 67.7 Å². The Labute approximate surface area is 214 Å². The monoisotopic (exact) mass is 513 g/mol. The lowest BCUT2D eigenvalue weighted by atomic mass is 9.91. The smallest absolute Gasteiger partial charge is 0.408 e. The van der Waals surface area contributed by atoms with Gasteiger partial charge in [0.15, 0.2) is 0 Å². The molecule has 206 valence electrons. The van der Waals surface area contributed by atoms with Crippen molar-refractivity contribution < 1.29 is 38.2 Å². The Balaban J connectivity index is 6.24. The molecule has 0 aliphatic heterocycles. The number of esters is 2. The van der Waals surface area contributed by atoms with Crippen molar-refractivity contribution >= 4 is 29.8 Å². The van der Waals surface area contributed by atoms with Gasteiger partial charge in [-0.05, 0) is 45.4 Å².